The van der Waals surface area contributed by atoms with Crippen molar-refractivity contribution in [2.75, 3.05) is 18.2 Å². The highest BCUT2D eigenvalue weighted by Crippen LogP contribution is 2.28. The molecule has 0 aliphatic rings. The molecule has 0 fully saturated rings. The quantitative estimate of drug-likeness (QED) is 0.908. The number of carbonyl (C=O) groups excluding carboxylic acids is 1. The Balaban J connectivity index is 2.33. The van der Waals surface area contributed by atoms with Gasteiger partial charge in [0, 0.05) is 29.8 Å². The molecule has 2 rings (SSSR count). The third-order valence-electron chi connectivity index (χ3n) is 3.09. The predicted octanol–water partition coefficient (Wildman–Crippen LogP) is 2.44. The number of pyridine rings is 1. The molecule has 0 spiro atoms. The first-order chi connectivity index (χ1) is 10.8. The lowest BCUT2D eigenvalue weighted by Crippen LogP contribution is -2.13. The molecular formula is C16H18N2O4S. The van der Waals surface area contributed by atoms with Gasteiger partial charge >= 0.3 is 0 Å². The molecule has 6 nitrogen and oxygen atoms in total. The maximum absolute atomic E-state index is 12.3. The Hall–Kier alpha value is -2.41. The summed E-state index contributed by atoms with van der Waals surface area (Å²) in [6, 6.07) is 7.64. The van der Waals surface area contributed by atoms with Gasteiger partial charge in [-0.3, -0.25) is 9.78 Å². The zero-order valence-corrected chi connectivity index (χ0v) is 14.0. The van der Waals surface area contributed by atoms with E-state index in [2.05, 4.69) is 10.3 Å². The molecule has 0 saturated heterocycles. The Kier molecular flexibility index (Phi) is 5.00. The van der Waals surface area contributed by atoms with Gasteiger partial charge in [0.1, 0.15) is 5.75 Å². The average Bonchev–Trinajstić information content (AvgIpc) is 2.48. The molecule has 0 saturated carbocycles. The molecule has 1 amide bonds. The van der Waals surface area contributed by atoms with Gasteiger partial charge < -0.3 is 10.1 Å². The SMILES string of the molecule is CCOc1cc(S(C)(=O)=O)ccc1NC(=O)c1ccnc(C)c1. The fourth-order valence-corrected chi connectivity index (χ4v) is 2.63. The van der Waals surface area contributed by atoms with Crippen LogP contribution < -0.4 is 10.1 Å². The number of ether oxygens (including phenoxy) is 1. The fourth-order valence-electron chi connectivity index (χ4n) is 1.99. The van der Waals surface area contributed by atoms with Crippen LogP contribution in [0.15, 0.2) is 41.4 Å². The van der Waals surface area contributed by atoms with E-state index in [-0.39, 0.29) is 10.8 Å². The second kappa shape index (κ2) is 6.78. The minimum absolute atomic E-state index is 0.138. The molecule has 23 heavy (non-hydrogen) atoms. The Morgan fingerprint density at radius 1 is 1.26 bits per heavy atom. The first kappa shape index (κ1) is 17.0. The first-order valence-corrected chi connectivity index (χ1v) is 8.91. The van der Waals surface area contributed by atoms with E-state index in [0.29, 0.717) is 23.6 Å². The highest BCUT2D eigenvalue weighted by atomic mass is 32.2. The number of aryl methyl sites for hydroxylation is 1. The smallest absolute Gasteiger partial charge is 0.255 e. The Morgan fingerprint density at radius 3 is 2.61 bits per heavy atom. The van der Waals surface area contributed by atoms with Crippen molar-refractivity contribution in [3.63, 3.8) is 0 Å². The molecule has 1 aromatic carbocycles. The minimum atomic E-state index is -3.35. The lowest BCUT2D eigenvalue weighted by atomic mass is 10.2. The highest BCUT2D eigenvalue weighted by molar-refractivity contribution is 7.90. The predicted molar refractivity (Wildman–Crippen MR) is 87.6 cm³/mol. The number of rotatable bonds is 5. The summed E-state index contributed by atoms with van der Waals surface area (Å²) >= 11 is 0. The molecule has 7 heteroatoms. The van der Waals surface area contributed by atoms with Gasteiger partial charge in [-0.2, -0.15) is 0 Å². The molecule has 1 heterocycles. The number of nitrogens with one attached hydrogen (secondary N) is 1. The monoisotopic (exact) mass is 334 g/mol. The summed E-state index contributed by atoms with van der Waals surface area (Å²) in [6.45, 7) is 3.93. The zero-order chi connectivity index (χ0) is 17.0. The molecule has 1 N–H and O–H groups in total. The van der Waals surface area contributed by atoms with E-state index in [9.17, 15) is 13.2 Å². The number of sulfone groups is 1. The number of anilines is 1. The summed E-state index contributed by atoms with van der Waals surface area (Å²) in [6.07, 6.45) is 2.68. The third-order valence-corrected chi connectivity index (χ3v) is 4.20. The fraction of sp³-hybridized carbons (Fsp3) is 0.250. The van der Waals surface area contributed by atoms with E-state index in [0.717, 1.165) is 11.9 Å². The van der Waals surface area contributed by atoms with Crippen LogP contribution in [0.5, 0.6) is 5.75 Å². The number of nitrogens with zero attached hydrogens (tertiary/aromatic N) is 1. The van der Waals surface area contributed by atoms with Crippen LogP contribution in [0.4, 0.5) is 5.69 Å². The van der Waals surface area contributed by atoms with Crippen molar-refractivity contribution in [3.05, 3.63) is 47.8 Å². The van der Waals surface area contributed by atoms with Gasteiger partial charge in [0.25, 0.3) is 5.91 Å². The van der Waals surface area contributed by atoms with E-state index in [1.165, 1.54) is 18.2 Å². The summed E-state index contributed by atoms with van der Waals surface area (Å²) in [7, 11) is -3.35. The van der Waals surface area contributed by atoms with Crippen LogP contribution in [0, 0.1) is 6.92 Å². The molecule has 0 radical (unpaired) electrons. The summed E-state index contributed by atoms with van der Waals surface area (Å²) < 4.78 is 28.7. The van der Waals surface area contributed by atoms with Crippen molar-refractivity contribution < 1.29 is 17.9 Å². The number of aromatic nitrogens is 1. The molecule has 2 aromatic rings. The lowest BCUT2D eigenvalue weighted by Gasteiger charge is -2.13. The highest BCUT2D eigenvalue weighted by Gasteiger charge is 2.14. The number of hydrogen-bond donors (Lipinski definition) is 1. The normalized spacial score (nSPS) is 11.1. The maximum Gasteiger partial charge on any atom is 0.255 e. The van der Waals surface area contributed by atoms with Gasteiger partial charge in [-0.05, 0) is 38.1 Å². The molecule has 1 aromatic heterocycles. The molecule has 0 aliphatic heterocycles. The van der Waals surface area contributed by atoms with Gasteiger partial charge in [0.15, 0.2) is 9.84 Å². The summed E-state index contributed by atoms with van der Waals surface area (Å²) in [5, 5.41) is 2.73. The van der Waals surface area contributed by atoms with Crippen LogP contribution in [0.2, 0.25) is 0 Å². The van der Waals surface area contributed by atoms with E-state index in [1.54, 1.807) is 32.2 Å². The molecule has 0 aliphatic carbocycles. The largest absolute Gasteiger partial charge is 0.492 e. The van der Waals surface area contributed by atoms with Crippen molar-refractivity contribution in [3.8, 4) is 5.75 Å². The Labute approximate surface area is 135 Å². The van der Waals surface area contributed by atoms with Crippen molar-refractivity contribution in [2.45, 2.75) is 18.7 Å². The van der Waals surface area contributed by atoms with Gasteiger partial charge in [-0.1, -0.05) is 0 Å². The van der Waals surface area contributed by atoms with Crippen molar-refractivity contribution in [1.82, 2.24) is 4.98 Å². The number of carbonyl (C=O) groups is 1. The Bertz CT molecular complexity index is 832. The van der Waals surface area contributed by atoms with Crippen LogP contribution in [0.3, 0.4) is 0 Å². The van der Waals surface area contributed by atoms with Crippen LogP contribution in [0.1, 0.15) is 23.0 Å². The van der Waals surface area contributed by atoms with E-state index in [1.807, 2.05) is 0 Å². The van der Waals surface area contributed by atoms with Crippen LogP contribution >= 0.6 is 0 Å². The van der Waals surface area contributed by atoms with Crippen LogP contribution in [-0.2, 0) is 9.84 Å². The van der Waals surface area contributed by atoms with Crippen molar-refractivity contribution in [1.29, 1.82) is 0 Å². The second-order valence-electron chi connectivity index (χ2n) is 5.00. The van der Waals surface area contributed by atoms with Gasteiger partial charge in [0.2, 0.25) is 0 Å². The maximum atomic E-state index is 12.3. The van der Waals surface area contributed by atoms with Crippen LogP contribution in [-0.4, -0.2) is 32.2 Å². The lowest BCUT2D eigenvalue weighted by molar-refractivity contribution is 0.102. The molecular weight excluding hydrogens is 316 g/mol. The van der Waals surface area contributed by atoms with Crippen molar-refractivity contribution >= 4 is 21.4 Å². The van der Waals surface area contributed by atoms with E-state index >= 15 is 0 Å². The summed E-state index contributed by atoms with van der Waals surface area (Å²) in [5.41, 5.74) is 1.61. The number of amides is 1. The third kappa shape index (κ3) is 4.29. The van der Waals surface area contributed by atoms with Crippen LogP contribution in [0.25, 0.3) is 0 Å². The van der Waals surface area contributed by atoms with E-state index in [4.69, 9.17) is 4.74 Å². The summed E-state index contributed by atoms with van der Waals surface area (Å²) in [4.78, 5) is 16.5. The summed E-state index contributed by atoms with van der Waals surface area (Å²) in [5.74, 6) is -0.00175. The number of hydrogen-bond acceptors (Lipinski definition) is 5. The molecule has 0 atom stereocenters. The zero-order valence-electron chi connectivity index (χ0n) is 13.2. The topological polar surface area (TPSA) is 85.4 Å². The Morgan fingerprint density at radius 2 is 2.00 bits per heavy atom. The molecule has 122 valence electrons. The first-order valence-electron chi connectivity index (χ1n) is 7.02. The van der Waals surface area contributed by atoms with Gasteiger partial charge in [0.05, 0.1) is 17.2 Å². The molecule has 0 bridgehead atoms. The van der Waals surface area contributed by atoms with Crippen molar-refractivity contribution in [2.24, 2.45) is 0 Å². The average molecular weight is 334 g/mol. The number of benzene rings is 1. The standard InChI is InChI=1S/C16H18N2O4S/c1-4-22-15-10-13(23(3,20)21)5-6-14(15)18-16(19)12-7-8-17-11(2)9-12/h5-10H,4H2,1-3H3,(H,18,19). The van der Waals surface area contributed by atoms with Gasteiger partial charge in [-0.25, -0.2) is 8.42 Å². The minimum Gasteiger partial charge on any atom is -0.492 e. The molecule has 0 unspecified atom stereocenters. The van der Waals surface area contributed by atoms with E-state index < -0.39 is 9.84 Å². The van der Waals surface area contributed by atoms with Gasteiger partial charge in [-0.15, -0.1) is 0 Å². The second-order valence-corrected chi connectivity index (χ2v) is 7.02.